The molecule has 1 aliphatic rings. The molecule has 2 rings (SSSR count). The van der Waals surface area contributed by atoms with E-state index in [1.807, 2.05) is 0 Å². The Kier molecular flexibility index (Phi) is 2.27. The lowest BCUT2D eigenvalue weighted by atomic mass is 9.91. The zero-order chi connectivity index (χ0) is 10.2. The molecule has 0 bridgehead atoms. The van der Waals surface area contributed by atoms with Crippen molar-refractivity contribution in [2.45, 2.75) is 24.7 Å². The van der Waals surface area contributed by atoms with E-state index in [1.54, 1.807) is 0 Å². The predicted molar refractivity (Wildman–Crippen MR) is 50.9 cm³/mol. The van der Waals surface area contributed by atoms with Crippen molar-refractivity contribution in [3.05, 3.63) is 35.4 Å². The quantitative estimate of drug-likeness (QED) is 0.790. The Morgan fingerprint density at radius 1 is 1.21 bits per heavy atom. The third kappa shape index (κ3) is 1.42. The van der Waals surface area contributed by atoms with E-state index in [1.165, 1.54) is 18.2 Å². The van der Waals surface area contributed by atoms with E-state index in [0.29, 0.717) is 13.0 Å². The highest BCUT2D eigenvalue weighted by atomic mass is 19.1. The van der Waals surface area contributed by atoms with Gasteiger partial charge in [0.15, 0.2) is 0 Å². The van der Waals surface area contributed by atoms with Crippen molar-refractivity contribution >= 4 is 0 Å². The summed E-state index contributed by atoms with van der Waals surface area (Å²) in [5, 5.41) is 0. The van der Waals surface area contributed by atoms with E-state index in [0.717, 1.165) is 12.8 Å². The van der Waals surface area contributed by atoms with Gasteiger partial charge < -0.3 is 5.73 Å². The first kappa shape index (κ1) is 9.59. The Balaban J connectivity index is 2.40. The Morgan fingerprint density at radius 2 is 1.79 bits per heavy atom. The normalized spacial score (nSPS) is 18.2. The Morgan fingerprint density at radius 3 is 2.21 bits per heavy atom. The molecule has 0 aliphatic heterocycles. The molecule has 1 aliphatic carbocycles. The SMILES string of the molecule is NCCC1(c2c(F)cccc2F)CC1. The highest BCUT2D eigenvalue weighted by molar-refractivity contribution is 5.33. The molecule has 0 amide bonds. The first-order chi connectivity index (χ1) is 6.69. The average molecular weight is 197 g/mol. The molecule has 0 saturated heterocycles. The summed E-state index contributed by atoms with van der Waals surface area (Å²) in [5.41, 5.74) is 5.39. The summed E-state index contributed by atoms with van der Waals surface area (Å²) >= 11 is 0. The molecule has 1 aromatic rings. The van der Waals surface area contributed by atoms with Crippen LogP contribution in [0.2, 0.25) is 0 Å². The maximum absolute atomic E-state index is 13.4. The number of hydrogen-bond donors (Lipinski definition) is 1. The second kappa shape index (κ2) is 3.31. The predicted octanol–water partition coefficient (Wildman–Crippen LogP) is 2.35. The van der Waals surface area contributed by atoms with Gasteiger partial charge in [-0.15, -0.1) is 0 Å². The van der Waals surface area contributed by atoms with Gasteiger partial charge in [-0.2, -0.15) is 0 Å². The van der Waals surface area contributed by atoms with Gasteiger partial charge in [-0.25, -0.2) is 8.78 Å². The van der Waals surface area contributed by atoms with E-state index in [2.05, 4.69) is 0 Å². The summed E-state index contributed by atoms with van der Waals surface area (Å²) in [4.78, 5) is 0. The zero-order valence-corrected chi connectivity index (χ0v) is 7.89. The van der Waals surface area contributed by atoms with Crippen molar-refractivity contribution in [3.8, 4) is 0 Å². The third-order valence-electron chi connectivity index (χ3n) is 2.97. The average Bonchev–Trinajstić information content (AvgIpc) is 2.86. The number of nitrogens with two attached hydrogens (primary N) is 1. The molecule has 1 fully saturated rings. The minimum Gasteiger partial charge on any atom is -0.330 e. The molecule has 2 N–H and O–H groups in total. The molecule has 1 aromatic carbocycles. The number of rotatable bonds is 3. The second-order valence-electron chi connectivity index (χ2n) is 3.92. The largest absolute Gasteiger partial charge is 0.330 e. The summed E-state index contributed by atoms with van der Waals surface area (Å²) in [5.74, 6) is -0.869. The third-order valence-corrected chi connectivity index (χ3v) is 2.97. The Hall–Kier alpha value is -0.960. The molecule has 0 unspecified atom stereocenters. The maximum atomic E-state index is 13.4. The molecule has 0 atom stereocenters. The lowest BCUT2D eigenvalue weighted by Gasteiger charge is -2.15. The van der Waals surface area contributed by atoms with Crippen molar-refractivity contribution in [2.75, 3.05) is 6.54 Å². The first-order valence-electron chi connectivity index (χ1n) is 4.84. The molecule has 1 nitrogen and oxygen atoms in total. The van der Waals surface area contributed by atoms with E-state index in [-0.39, 0.29) is 11.0 Å². The van der Waals surface area contributed by atoms with Crippen LogP contribution in [0.1, 0.15) is 24.8 Å². The molecular formula is C11H13F2N. The fraction of sp³-hybridized carbons (Fsp3) is 0.455. The van der Waals surface area contributed by atoms with Crippen LogP contribution >= 0.6 is 0 Å². The highest BCUT2D eigenvalue weighted by Gasteiger charge is 2.46. The minimum absolute atomic E-state index is 0.241. The summed E-state index contributed by atoms with van der Waals surface area (Å²) < 4.78 is 26.9. The van der Waals surface area contributed by atoms with E-state index in [4.69, 9.17) is 5.73 Å². The van der Waals surface area contributed by atoms with Crippen LogP contribution in [0.5, 0.6) is 0 Å². The summed E-state index contributed by atoms with van der Waals surface area (Å²) in [7, 11) is 0. The monoisotopic (exact) mass is 197 g/mol. The van der Waals surface area contributed by atoms with Crippen LogP contribution in [-0.2, 0) is 5.41 Å². The summed E-state index contributed by atoms with van der Waals surface area (Å²) in [6, 6.07) is 4.02. The van der Waals surface area contributed by atoms with Crippen molar-refractivity contribution < 1.29 is 8.78 Å². The van der Waals surface area contributed by atoms with Crippen LogP contribution in [0, 0.1) is 11.6 Å². The zero-order valence-electron chi connectivity index (χ0n) is 7.89. The molecule has 1 saturated carbocycles. The second-order valence-corrected chi connectivity index (χ2v) is 3.92. The van der Waals surface area contributed by atoms with Gasteiger partial charge in [-0.1, -0.05) is 6.07 Å². The minimum atomic E-state index is -0.434. The van der Waals surface area contributed by atoms with Gasteiger partial charge in [0.25, 0.3) is 0 Å². The highest BCUT2D eigenvalue weighted by Crippen LogP contribution is 2.52. The van der Waals surface area contributed by atoms with Crippen molar-refractivity contribution in [1.82, 2.24) is 0 Å². The number of halogens is 2. The van der Waals surface area contributed by atoms with Crippen LogP contribution in [-0.4, -0.2) is 6.54 Å². The molecule has 76 valence electrons. The van der Waals surface area contributed by atoms with E-state index >= 15 is 0 Å². The van der Waals surface area contributed by atoms with Gasteiger partial charge in [0.1, 0.15) is 11.6 Å². The topological polar surface area (TPSA) is 26.0 Å². The molecular weight excluding hydrogens is 184 g/mol. The summed E-state index contributed by atoms with van der Waals surface area (Å²) in [6.07, 6.45) is 2.37. The van der Waals surface area contributed by atoms with Crippen LogP contribution in [0.15, 0.2) is 18.2 Å². The Labute approximate surface area is 81.9 Å². The van der Waals surface area contributed by atoms with Crippen LogP contribution < -0.4 is 5.73 Å². The molecule has 0 radical (unpaired) electrons. The van der Waals surface area contributed by atoms with Gasteiger partial charge >= 0.3 is 0 Å². The van der Waals surface area contributed by atoms with Crippen molar-refractivity contribution in [2.24, 2.45) is 5.73 Å². The molecule has 3 heteroatoms. The van der Waals surface area contributed by atoms with Gasteiger partial charge in [0, 0.05) is 11.0 Å². The van der Waals surface area contributed by atoms with E-state index < -0.39 is 11.6 Å². The number of benzene rings is 1. The molecule has 0 spiro atoms. The fourth-order valence-corrected chi connectivity index (χ4v) is 2.06. The molecule has 0 heterocycles. The van der Waals surface area contributed by atoms with Crippen LogP contribution in [0.3, 0.4) is 0 Å². The lowest BCUT2D eigenvalue weighted by Crippen LogP contribution is -2.16. The summed E-state index contributed by atoms with van der Waals surface area (Å²) in [6.45, 7) is 0.480. The standard InChI is InChI=1S/C11H13F2N/c12-8-2-1-3-9(13)10(8)11(4-5-11)6-7-14/h1-3H,4-7,14H2. The number of hydrogen-bond acceptors (Lipinski definition) is 1. The van der Waals surface area contributed by atoms with Crippen molar-refractivity contribution in [3.63, 3.8) is 0 Å². The van der Waals surface area contributed by atoms with Crippen molar-refractivity contribution in [1.29, 1.82) is 0 Å². The van der Waals surface area contributed by atoms with Gasteiger partial charge in [0.2, 0.25) is 0 Å². The van der Waals surface area contributed by atoms with Crippen LogP contribution in [0.4, 0.5) is 8.78 Å². The smallest absolute Gasteiger partial charge is 0.129 e. The van der Waals surface area contributed by atoms with Gasteiger partial charge in [0.05, 0.1) is 0 Å². The first-order valence-corrected chi connectivity index (χ1v) is 4.84. The van der Waals surface area contributed by atoms with E-state index in [9.17, 15) is 8.78 Å². The lowest BCUT2D eigenvalue weighted by molar-refractivity contribution is 0.500. The van der Waals surface area contributed by atoms with Gasteiger partial charge in [-0.05, 0) is 37.9 Å². The molecule has 14 heavy (non-hydrogen) atoms. The molecule has 0 aromatic heterocycles. The van der Waals surface area contributed by atoms with Gasteiger partial charge in [-0.3, -0.25) is 0 Å². The maximum Gasteiger partial charge on any atom is 0.129 e. The Bertz CT molecular complexity index is 325. The fourth-order valence-electron chi connectivity index (χ4n) is 2.06. The van der Waals surface area contributed by atoms with Crippen LogP contribution in [0.25, 0.3) is 0 Å².